The molecule has 172 valence electrons. The molecule has 5 rings (SSSR count). The molecule has 0 spiro atoms. The van der Waals surface area contributed by atoms with Crippen molar-refractivity contribution in [2.24, 2.45) is 0 Å². The molecule has 0 unspecified atom stereocenters. The van der Waals surface area contributed by atoms with Crippen molar-refractivity contribution < 1.29 is 22.8 Å². The number of hydrogen-bond acceptors (Lipinski definition) is 5. The van der Waals surface area contributed by atoms with E-state index in [2.05, 4.69) is 15.0 Å². The largest absolute Gasteiger partial charge is 0.416 e. The first-order chi connectivity index (χ1) is 16.3. The summed E-state index contributed by atoms with van der Waals surface area (Å²) in [6, 6.07) is 9.47. The molecule has 0 fully saturated rings. The Balaban J connectivity index is 1.35. The van der Waals surface area contributed by atoms with E-state index in [4.69, 9.17) is 0 Å². The van der Waals surface area contributed by atoms with E-state index in [1.807, 2.05) is 6.07 Å². The highest BCUT2D eigenvalue weighted by atomic mass is 32.1. The first-order valence-corrected chi connectivity index (χ1v) is 11.3. The van der Waals surface area contributed by atoms with Crippen molar-refractivity contribution in [3.63, 3.8) is 0 Å². The Labute approximate surface area is 196 Å². The second kappa shape index (κ2) is 8.53. The molecular formula is C24H17F3N4O2S. The highest BCUT2D eigenvalue weighted by molar-refractivity contribution is 7.13. The molecule has 0 saturated heterocycles. The van der Waals surface area contributed by atoms with Crippen LogP contribution in [0.15, 0.2) is 60.4 Å². The Hall–Kier alpha value is -3.79. The minimum Gasteiger partial charge on any atom is -0.350 e. The topological polar surface area (TPSA) is 79.0 Å². The summed E-state index contributed by atoms with van der Waals surface area (Å²) in [4.78, 5) is 39.2. The van der Waals surface area contributed by atoms with Gasteiger partial charge in [0.25, 0.3) is 5.91 Å². The number of benzene rings is 2. The molecule has 34 heavy (non-hydrogen) atoms. The Morgan fingerprint density at radius 3 is 2.59 bits per heavy atom. The third kappa shape index (κ3) is 4.12. The molecule has 3 heterocycles. The van der Waals surface area contributed by atoms with E-state index in [-0.39, 0.29) is 17.3 Å². The zero-order chi connectivity index (χ0) is 23.9. The van der Waals surface area contributed by atoms with Crippen molar-refractivity contribution >= 4 is 23.0 Å². The number of amides is 1. The molecule has 0 saturated carbocycles. The quantitative estimate of drug-likeness (QED) is 0.416. The summed E-state index contributed by atoms with van der Waals surface area (Å²) in [5.41, 5.74) is 2.48. The lowest BCUT2D eigenvalue weighted by molar-refractivity contribution is -0.137. The predicted molar refractivity (Wildman–Crippen MR) is 119 cm³/mol. The number of carbonyl (C=O) groups excluding carboxylic acids is 2. The summed E-state index contributed by atoms with van der Waals surface area (Å²) < 4.78 is 38.5. The summed E-state index contributed by atoms with van der Waals surface area (Å²) >= 11 is 1.34. The van der Waals surface area contributed by atoms with Crippen molar-refractivity contribution in [2.45, 2.75) is 19.1 Å². The number of carbonyl (C=O) groups is 2. The van der Waals surface area contributed by atoms with Crippen LogP contribution >= 0.6 is 11.3 Å². The minimum absolute atomic E-state index is 0.188. The Bertz CT molecular complexity index is 1360. The average Bonchev–Trinajstić information content (AvgIpc) is 3.54. The maximum atomic E-state index is 13.1. The number of rotatable bonds is 4. The van der Waals surface area contributed by atoms with E-state index >= 15 is 0 Å². The lowest BCUT2D eigenvalue weighted by atomic mass is 9.90. The number of thiazole rings is 1. The van der Waals surface area contributed by atoms with Crippen LogP contribution in [0.3, 0.4) is 0 Å². The molecule has 4 aromatic rings. The van der Waals surface area contributed by atoms with E-state index in [1.165, 1.54) is 23.5 Å². The average molecular weight is 482 g/mol. The maximum absolute atomic E-state index is 13.1. The van der Waals surface area contributed by atoms with Gasteiger partial charge < -0.3 is 9.88 Å². The molecule has 0 atom stereocenters. The number of hydrogen-bond donors (Lipinski definition) is 1. The van der Waals surface area contributed by atoms with Crippen LogP contribution in [-0.4, -0.2) is 38.1 Å². The second-order valence-corrected chi connectivity index (χ2v) is 8.67. The smallest absolute Gasteiger partial charge is 0.350 e. The zero-order valence-electron chi connectivity index (χ0n) is 17.6. The van der Waals surface area contributed by atoms with Crippen LogP contribution in [0.1, 0.15) is 43.1 Å². The maximum Gasteiger partial charge on any atom is 0.416 e. The monoisotopic (exact) mass is 482 g/mol. The van der Waals surface area contributed by atoms with Gasteiger partial charge in [-0.1, -0.05) is 30.3 Å². The third-order valence-electron chi connectivity index (χ3n) is 5.71. The molecule has 1 amide bonds. The van der Waals surface area contributed by atoms with Gasteiger partial charge in [-0.25, -0.2) is 9.97 Å². The predicted octanol–water partition coefficient (Wildman–Crippen LogP) is 4.98. The molecule has 0 radical (unpaired) electrons. The van der Waals surface area contributed by atoms with Gasteiger partial charge in [0, 0.05) is 35.8 Å². The van der Waals surface area contributed by atoms with Gasteiger partial charge in [0.2, 0.25) is 0 Å². The lowest BCUT2D eigenvalue weighted by Gasteiger charge is -2.29. The van der Waals surface area contributed by atoms with Crippen molar-refractivity contribution in [2.75, 3.05) is 6.54 Å². The number of imidazole rings is 1. The van der Waals surface area contributed by atoms with Crippen LogP contribution in [-0.2, 0) is 19.1 Å². The number of nitrogens with zero attached hydrogens (tertiary/aromatic N) is 3. The first kappa shape index (κ1) is 22.0. The number of nitrogens with one attached hydrogen (secondary N) is 1. The molecule has 1 aliphatic heterocycles. The molecule has 1 aliphatic rings. The van der Waals surface area contributed by atoms with E-state index in [9.17, 15) is 22.8 Å². The third-order valence-corrected chi connectivity index (χ3v) is 6.58. The van der Waals surface area contributed by atoms with Gasteiger partial charge in [0.05, 0.1) is 11.9 Å². The molecule has 1 N–H and O–H groups in total. The molecule has 2 aromatic heterocycles. The number of halogens is 3. The summed E-state index contributed by atoms with van der Waals surface area (Å²) in [6.45, 7) is 0.718. The Morgan fingerprint density at radius 2 is 1.88 bits per heavy atom. The summed E-state index contributed by atoms with van der Waals surface area (Å²) in [5.74, 6) is -0.545. The summed E-state index contributed by atoms with van der Waals surface area (Å²) in [7, 11) is 0. The van der Waals surface area contributed by atoms with E-state index < -0.39 is 11.7 Å². The van der Waals surface area contributed by atoms with Crippen molar-refractivity contribution in [3.05, 3.63) is 93.9 Å². The number of H-pyrrole nitrogens is 1. The van der Waals surface area contributed by atoms with Crippen LogP contribution in [0.25, 0.3) is 10.7 Å². The number of ketones is 1. The molecular weight excluding hydrogens is 465 g/mol. The van der Waals surface area contributed by atoms with Crippen molar-refractivity contribution in [1.82, 2.24) is 19.9 Å². The van der Waals surface area contributed by atoms with Gasteiger partial charge in [0.15, 0.2) is 5.78 Å². The summed E-state index contributed by atoms with van der Waals surface area (Å²) in [5, 5.41) is 2.35. The molecule has 10 heteroatoms. The Morgan fingerprint density at radius 1 is 1.09 bits per heavy atom. The van der Waals surface area contributed by atoms with Gasteiger partial charge >= 0.3 is 6.18 Å². The van der Waals surface area contributed by atoms with Crippen LogP contribution in [0.2, 0.25) is 0 Å². The fourth-order valence-corrected chi connectivity index (χ4v) is 4.75. The number of aromatic amines is 1. The second-order valence-electron chi connectivity index (χ2n) is 7.82. The number of fused-ring (bicyclic) bond motifs is 1. The SMILES string of the molecule is O=C(c1ccc(C(F)(F)F)cc1)c1cccc2c1CCN(C(=O)c1csc(-c3c[nH]cn3)n1)C2. The molecule has 0 aliphatic carbocycles. The van der Waals surface area contributed by atoms with Gasteiger partial charge in [-0.05, 0) is 29.7 Å². The van der Waals surface area contributed by atoms with Crippen LogP contribution in [0, 0.1) is 0 Å². The van der Waals surface area contributed by atoms with E-state index in [1.54, 1.807) is 34.9 Å². The van der Waals surface area contributed by atoms with Crippen LogP contribution in [0.4, 0.5) is 13.2 Å². The fourth-order valence-electron chi connectivity index (χ4n) is 3.99. The fraction of sp³-hybridized carbons (Fsp3) is 0.167. The Kier molecular flexibility index (Phi) is 5.52. The molecule has 0 bridgehead atoms. The van der Waals surface area contributed by atoms with Crippen LogP contribution < -0.4 is 0 Å². The standard InChI is InChI=1S/C24H17F3N4O2S/c25-24(26,27)16-6-4-14(5-7-16)21(32)18-3-1-2-15-11-31(9-8-17(15)18)23(33)20-12-34-22(30-20)19-10-28-13-29-19/h1-7,10,12-13H,8-9,11H2,(H,28,29). The van der Waals surface area contributed by atoms with E-state index in [0.29, 0.717) is 41.5 Å². The highest BCUT2D eigenvalue weighted by Crippen LogP contribution is 2.31. The molecule has 6 nitrogen and oxygen atoms in total. The lowest BCUT2D eigenvalue weighted by Crippen LogP contribution is -2.36. The zero-order valence-corrected chi connectivity index (χ0v) is 18.4. The van der Waals surface area contributed by atoms with Crippen LogP contribution in [0.5, 0.6) is 0 Å². The van der Waals surface area contributed by atoms with Crippen molar-refractivity contribution in [1.29, 1.82) is 0 Å². The molecule has 2 aromatic carbocycles. The normalized spacial score (nSPS) is 13.6. The number of aromatic nitrogens is 3. The van der Waals surface area contributed by atoms with Gasteiger partial charge in [0.1, 0.15) is 16.4 Å². The van der Waals surface area contributed by atoms with Gasteiger partial charge in [-0.3, -0.25) is 9.59 Å². The minimum atomic E-state index is -4.46. The van der Waals surface area contributed by atoms with Crippen molar-refractivity contribution in [3.8, 4) is 10.7 Å². The van der Waals surface area contributed by atoms with E-state index in [0.717, 1.165) is 23.3 Å². The number of alkyl halides is 3. The van der Waals surface area contributed by atoms with Gasteiger partial charge in [-0.2, -0.15) is 13.2 Å². The first-order valence-electron chi connectivity index (χ1n) is 10.4. The highest BCUT2D eigenvalue weighted by Gasteiger charge is 2.31. The van der Waals surface area contributed by atoms with Gasteiger partial charge in [-0.15, -0.1) is 11.3 Å². The summed E-state index contributed by atoms with van der Waals surface area (Å²) in [6.07, 6.45) is -0.748.